The Morgan fingerprint density at radius 3 is 2.67 bits per heavy atom. The summed E-state index contributed by atoms with van der Waals surface area (Å²) in [6.07, 6.45) is 4.57. The highest BCUT2D eigenvalue weighted by molar-refractivity contribution is 7.99. The minimum Gasteiger partial charge on any atom is -0.487 e. The Bertz CT molecular complexity index is 661. The second-order valence-corrected chi connectivity index (χ2v) is 9.92. The topological polar surface area (TPSA) is 30.9 Å². The van der Waals surface area contributed by atoms with Crippen LogP contribution in [0.1, 0.15) is 45.3 Å². The molecule has 2 saturated heterocycles. The number of hydrogen-bond acceptors (Lipinski definition) is 5. The van der Waals surface area contributed by atoms with Crippen molar-refractivity contribution < 1.29 is 14.2 Å². The fraction of sp³-hybridized carbons (Fsp3) is 0.727. The maximum absolute atomic E-state index is 6.98. The predicted molar refractivity (Wildman–Crippen MR) is 111 cm³/mol. The molecule has 0 spiro atoms. The van der Waals surface area contributed by atoms with Crippen LogP contribution in [0.5, 0.6) is 5.75 Å². The molecule has 3 heterocycles. The molecule has 0 amide bonds. The Morgan fingerprint density at radius 2 is 1.93 bits per heavy atom. The Kier molecular flexibility index (Phi) is 5.49. The Balaban J connectivity index is 1.57. The standard InChI is InChI=1S/C22H33NO3S/c1-21(2)17-9-10-22(3,19(27-4)15-23-11-13-24-14-12-23)26-20(17)16-7-5-6-8-18(16)25-21/h5-8,17,19-20H,9-15H2,1-4H3. The smallest absolute Gasteiger partial charge is 0.125 e. The summed E-state index contributed by atoms with van der Waals surface area (Å²) in [5.41, 5.74) is 0.901. The quantitative estimate of drug-likeness (QED) is 0.770. The minimum absolute atomic E-state index is 0.114. The molecule has 0 N–H and O–H groups in total. The number of hydrogen-bond donors (Lipinski definition) is 0. The van der Waals surface area contributed by atoms with E-state index >= 15 is 0 Å². The van der Waals surface area contributed by atoms with Gasteiger partial charge in [-0.2, -0.15) is 11.8 Å². The van der Waals surface area contributed by atoms with E-state index in [-0.39, 0.29) is 17.3 Å². The summed E-state index contributed by atoms with van der Waals surface area (Å²) in [5, 5.41) is 0.453. The van der Waals surface area contributed by atoms with Crippen LogP contribution >= 0.6 is 11.8 Å². The normalized spacial score (nSPS) is 34.2. The van der Waals surface area contributed by atoms with E-state index in [9.17, 15) is 0 Å². The first-order valence-corrected chi connectivity index (χ1v) is 11.5. The van der Waals surface area contributed by atoms with Gasteiger partial charge < -0.3 is 14.2 Å². The van der Waals surface area contributed by atoms with Gasteiger partial charge in [0.05, 0.1) is 24.9 Å². The van der Waals surface area contributed by atoms with Gasteiger partial charge in [0.1, 0.15) is 11.4 Å². The second-order valence-electron chi connectivity index (χ2n) is 8.88. The van der Waals surface area contributed by atoms with E-state index in [1.54, 1.807) is 0 Å². The molecule has 4 atom stereocenters. The molecule has 1 aromatic rings. The molecule has 0 saturated carbocycles. The first kappa shape index (κ1) is 19.6. The third kappa shape index (κ3) is 3.76. The minimum atomic E-state index is -0.195. The summed E-state index contributed by atoms with van der Waals surface area (Å²) < 4.78 is 18.9. The van der Waals surface area contributed by atoms with Gasteiger partial charge in [-0.05, 0) is 45.9 Å². The summed E-state index contributed by atoms with van der Waals surface area (Å²) in [4.78, 5) is 2.53. The first-order chi connectivity index (χ1) is 12.9. The van der Waals surface area contributed by atoms with Crippen molar-refractivity contribution in [3.63, 3.8) is 0 Å². The molecule has 2 fully saturated rings. The van der Waals surface area contributed by atoms with Crippen LogP contribution in [-0.4, -0.2) is 60.5 Å². The van der Waals surface area contributed by atoms with Crippen LogP contribution in [0, 0.1) is 5.92 Å². The van der Waals surface area contributed by atoms with Crippen LogP contribution in [0.15, 0.2) is 24.3 Å². The van der Waals surface area contributed by atoms with Gasteiger partial charge in [0.2, 0.25) is 0 Å². The van der Waals surface area contributed by atoms with Crippen molar-refractivity contribution in [2.24, 2.45) is 5.92 Å². The molecule has 4 nitrogen and oxygen atoms in total. The van der Waals surface area contributed by atoms with Gasteiger partial charge in [0, 0.05) is 36.4 Å². The van der Waals surface area contributed by atoms with Crippen LogP contribution in [0.4, 0.5) is 0 Å². The average Bonchev–Trinajstić information content (AvgIpc) is 2.66. The molecule has 5 heteroatoms. The Morgan fingerprint density at radius 1 is 1.19 bits per heavy atom. The predicted octanol–water partition coefficient (Wildman–Crippen LogP) is 4.15. The van der Waals surface area contributed by atoms with E-state index in [2.05, 4.69) is 56.2 Å². The highest BCUT2D eigenvalue weighted by Gasteiger charge is 2.52. The number of ether oxygens (including phenoxy) is 3. The zero-order chi connectivity index (χ0) is 19.1. The molecule has 0 aliphatic carbocycles. The van der Waals surface area contributed by atoms with Crippen LogP contribution in [0.25, 0.3) is 0 Å². The maximum Gasteiger partial charge on any atom is 0.125 e. The van der Waals surface area contributed by atoms with Crippen molar-refractivity contribution in [3.8, 4) is 5.75 Å². The van der Waals surface area contributed by atoms with Gasteiger partial charge in [-0.25, -0.2) is 0 Å². The van der Waals surface area contributed by atoms with Crippen LogP contribution in [0.2, 0.25) is 0 Å². The van der Waals surface area contributed by atoms with Crippen LogP contribution < -0.4 is 4.74 Å². The molecule has 4 unspecified atom stereocenters. The van der Waals surface area contributed by atoms with Gasteiger partial charge in [-0.3, -0.25) is 4.90 Å². The Hall–Kier alpha value is -0.750. The first-order valence-electron chi connectivity index (χ1n) is 10.2. The molecule has 3 aliphatic rings. The number of thioether (sulfide) groups is 1. The fourth-order valence-corrected chi connectivity index (χ4v) is 5.99. The summed E-state index contributed by atoms with van der Waals surface area (Å²) in [5.74, 6) is 1.38. The lowest BCUT2D eigenvalue weighted by molar-refractivity contribution is -0.192. The number of fused-ring (bicyclic) bond motifs is 3. The number of morpholine rings is 1. The number of nitrogens with zero attached hydrogens (tertiary/aromatic N) is 1. The molecule has 4 rings (SSSR count). The van der Waals surface area contributed by atoms with Crippen molar-refractivity contribution in [2.45, 2.75) is 56.2 Å². The number of benzene rings is 1. The van der Waals surface area contributed by atoms with E-state index in [1.165, 1.54) is 5.56 Å². The summed E-state index contributed by atoms with van der Waals surface area (Å²) >= 11 is 1.95. The second kappa shape index (κ2) is 7.58. The van der Waals surface area contributed by atoms with E-state index in [0.717, 1.165) is 51.4 Å². The van der Waals surface area contributed by atoms with Crippen LogP contribution in [0.3, 0.4) is 0 Å². The van der Waals surface area contributed by atoms with Gasteiger partial charge in [0.25, 0.3) is 0 Å². The van der Waals surface area contributed by atoms with Gasteiger partial charge >= 0.3 is 0 Å². The van der Waals surface area contributed by atoms with Gasteiger partial charge in [-0.1, -0.05) is 18.2 Å². The summed E-state index contributed by atoms with van der Waals surface area (Å²) in [6, 6.07) is 8.43. The van der Waals surface area contributed by atoms with Crippen LogP contribution in [-0.2, 0) is 9.47 Å². The summed E-state index contributed by atoms with van der Waals surface area (Å²) in [7, 11) is 0. The lowest BCUT2D eigenvalue weighted by atomic mass is 9.72. The maximum atomic E-state index is 6.98. The van der Waals surface area contributed by atoms with Crippen molar-refractivity contribution >= 4 is 11.8 Å². The van der Waals surface area contributed by atoms with Crippen molar-refractivity contribution in [1.29, 1.82) is 0 Å². The van der Waals surface area contributed by atoms with Crippen molar-refractivity contribution in [2.75, 3.05) is 39.1 Å². The Labute approximate surface area is 167 Å². The molecule has 1 aromatic carbocycles. The van der Waals surface area contributed by atoms with E-state index in [4.69, 9.17) is 14.2 Å². The zero-order valence-electron chi connectivity index (χ0n) is 17.1. The SMILES string of the molecule is CSC(CN1CCOCC1)C1(C)CCC2C(O1)c1ccccc1OC2(C)C. The lowest BCUT2D eigenvalue weighted by Gasteiger charge is -2.53. The van der Waals surface area contributed by atoms with E-state index in [0.29, 0.717) is 11.2 Å². The third-order valence-electron chi connectivity index (χ3n) is 6.70. The summed E-state index contributed by atoms with van der Waals surface area (Å²) in [6.45, 7) is 11.6. The highest BCUT2D eigenvalue weighted by atomic mass is 32.2. The number of rotatable bonds is 4. The molecule has 0 radical (unpaired) electrons. The largest absolute Gasteiger partial charge is 0.487 e. The molecule has 3 aliphatic heterocycles. The monoisotopic (exact) mass is 391 g/mol. The lowest BCUT2D eigenvalue weighted by Crippen LogP contribution is -2.56. The van der Waals surface area contributed by atoms with E-state index < -0.39 is 0 Å². The zero-order valence-corrected chi connectivity index (χ0v) is 17.9. The van der Waals surface area contributed by atoms with Crippen molar-refractivity contribution in [3.05, 3.63) is 29.8 Å². The molecule has 27 heavy (non-hydrogen) atoms. The third-order valence-corrected chi connectivity index (χ3v) is 7.91. The van der Waals surface area contributed by atoms with E-state index in [1.807, 2.05) is 11.8 Å². The molecular weight excluding hydrogens is 358 g/mol. The molecule has 0 bridgehead atoms. The molecule has 150 valence electrons. The fourth-order valence-electron chi connectivity index (χ4n) is 4.96. The van der Waals surface area contributed by atoms with Gasteiger partial charge in [0.15, 0.2) is 0 Å². The molecular formula is C22H33NO3S. The highest BCUT2D eigenvalue weighted by Crippen LogP contribution is 2.54. The average molecular weight is 392 g/mol. The number of para-hydroxylation sites is 1. The van der Waals surface area contributed by atoms with Gasteiger partial charge in [-0.15, -0.1) is 0 Å². The molecule has 0 aromatic heterocycles. The van der Waals surface area contributed by atoms with Crippen molar-refractivity contribution in [1.82, 2.24) is 4.90 Å².